The Morgan fingerprint density at radius 1 is 1.21 bits per heavy atom. The van der Waals surface area contributed by atoms with Gasteiger partial charge in [-0.2, -0.15) is 0 Å². The second-order valence-corrected chi connectivity index (χ2v) is 6.56. The van der Waals surface area contributed by atoms with E-state index in [0.29, 0.717) is 13.1 Å². The second kappa shape index (κ2) is 9.61. The molecule has 1 heterocycles. The smallest absolute Gasteiger partial charge is 0.317 e. The summed E-state index contributed by atoms with van der Waals surface area (Å²) < 4.78 is 0. The van der Waals surface area contributed by atoms with Gasteiger partial charge in [-0.25, -0.2) is 4.79 Å². The van der Waals surface area contributed by atoms with Gasteiger partial charge in [0, 0.05) is 59.4 Å². The van der Waals surface area contributed by atoms with Crippen molar-refractivity contribution in [3.8, 4) is 0 Å². The molecular weight excluding hydrogens is 304 g/mol. The maximum Gasteiger partial charge on any atom is 0.317 e. The minimum atomic E-state index is -0.501. The minimum absolute atomic E-state index is 0.126. The van der Waals surface area contributed by atoms with Crippen LogP contribution in [0, 0.1) is 0 Å². The fourth-order valence-corrected chi connectivity index (χ4v) is 2.95. The van der Waals surface area contributed by atoms with Gasteiger partial charge in [-0.3, -0.25) is 9.80 Å². The van der Waals surface area contributed by atoms with Crippen LogP contribution in [0.1, 0.15) is 12.5 Å². The Bertz CT molecular complexity index is 487. The zero-order valence-corrected chi connectivity index (χ0v) is 14.8. The van der Waals surface area contributed by atoms with Crippen molar-refractivity contribution in [1.82, 2.24) is 20.0 Å². The molecule has 0 bridgehead atoms. The van der Waals surface area contributed by atoms with Crippen molar-refractivity contribution in [1.29, 1.82) is 0 Å². The highest BCUT2D eigenvalue weighted by Gasteiger charge is 2.17. The molecule has 1 aliphatic rings. The highest BCUT2D eigenvalue weighted by atomic mass is 16.3. The Hall–Kier alpha value is -1.63. The normalized spacial score (nSPS) is 17.5. The molecule has 1 aromatic carbocycles. The third kappa shape index (κ3) is 6.47. The first-order chi connectivity index (χ1) is 11.5. The lowest BCUT2D eigenvalue weighted by Crippen LogP contribution is -2.49. The molecule has 1 atom stereocenters. The van der Waals surface area contributed by atoms with E-state index in [0.717, 1.165) is 39.3 Å². The number of likely N-dealkylation sites (N-methyl/N-ethyl adjacent to an activating group) is 1. The summed E-state index contributed by atoms with van der Waals surface area (Å²) in [6.07, 6.45) is -0.501. The van der Waals surface area contributed by atoms with Crippen molar-refractivity contribution in [2.75, 3.05) is 52.9 Å². The van der Waals surface area contributed by atoms with Crippen molar-refractivity contribution >= 4 is 6.03 Å². The predicted octanol–water partition coefficient (Wildman–Crippen LogP) is 0.826. The largest absolute Gasteiger partial charge is 0.392 e. The molecule has 1 fully saturated rings. The van der Waals surface area contributed by atoms with Crippen LogP contribution in [0.5, 0.6) is 0 Å². The zero-order chi connectivity index (χ0) is 17.4. The summed E-state index contributed by atoms with van der Waals surface area (Å²) in [6, 6.07) is 10.4. The van der Waals surface area contributed by atoms with Gasteiger partial charge in [-0.15, -0.1) is 0 Å². The number of aliphatic hydroxyl groups is 1. The first-order valence-corrected chi connectivity index (χ1v) is 8.70. The second-order valence-electron chi connectivity index (χ2n) is 6.56. The number of carbonyl (C=O) groups excluding carboxylic acids is 1. The molecule has 1 saturated heterocycles. The Kier molecular flexibility index (Phi) is 7.49. The average molecular weight is 334 g/mol. The van der Waals surface area contributed by atoms with Crippen molar-refractivity contribution in [3.63, 3.8) is 0 Å². The molecule has 0 saturated carbocycles. The van der Waals surface area contributed by atoms with Gasteiger partial charge in [0.1, 0.15) is 0 Å². The number of nitrogens with one attached hydrogen (secondary N) is 1. The lowest BCUT2D eigenvalue weighted by molar-refractivity contribution is 0.125. The maximum atomic E-state index is 11.9. The number of hydrogen-bond donors (Lipinski definition) is 2. The number of benzene rings is 1. The van der Waals surface area contributed by atoms with E-state index in [2.05, 4.69) is 39.4 Å². The van der Waals surface area contributed by atoms with Crippen LogP contribution in [0.25, 0.3) is 0 Å². The third-order valence-corrected chi connectivity index (χ3v) is 4.30. The standard InChI is InChI=1S/C18H30N4O2/c1-16(23)14-20(2)18(24)19-8-9-21-10-12-22(13-11-21)15-17-6-4-3-5-7-17/h3-7,16,23H,8-15H2,1-2H3,(H,19,24). The van der Waals surface area contributed by atoms with E-state index in [1.165, 1.54) is 10.5 Å². The van der Waals surface area contributed by atoms with Crippen LogP contribution in [-0.4, -0.2) is 84.8 Å². The van der Waals surface area contributed by atoms with E-state index < -0.39 is 6.10 Å². The SMILES string of the molecule is CC(O)CN(C)C(=O)NCCN1CCN(Cc2ccccc2)CC1. The topological polar surface area (TPSA) is 59.1 Å². The van der Waals surface area contributed by atoms with Gasteiger partial charge in [-0.05, 0) is 12.5 Å². The Morgan fingerprint density at radius 2 is 1.83 bits per heavy atom. The summed E-state index contributed by atoms with van der Waals surface area (Å²) in [6.45, 7) is 8.74. The predicted molar refractivity (Wildman–Crippen MR) is 95.9 cm³/mol. The van der Waals surface area contributed by atoms with E-state index in [-0.39, 0.29) is 6.03 Å². The highest BCUT2D eigenvalue weighted by molar-refractivity contribution is 5.73. The number of aliphatic hydroxyl groups excluding tert-OH is 1. The summed E-state index contributed by atoms with van der Waals surface area (Å²) in [5, 5.41) is 12.2. The van der Waals surface area contributed by atoms with E-state index in [1.54, 1.807) is 14.0 Å². The number of amides is 2. The average Bonchev–Trinajstić information content (AvgIpc) is 2.56. The number of piperazine rings is 1. The van der Waals surface area contributed by atoms with E-state index >= 15 is 0 Å². The number of hydrogen-bond acceptors (Lipinski definition) is 4. The van der Waals surface area contributed by atoms with Gasteiger partial charge in [0.05, 0.1) is 6.10 Å². The van der Waals surface area contributed by atoms with Crippen molar-refractivity contribution in [3.05, 3.63) is 35.9 Å². The lowest BCUT2D eigenvalue weighted by atomic mass is 10.2. The number of urea groups is 1. The third-order valence-electron chi connectivity index (χ3n) is 4.30. The number of rotatable bonds is 7. The van der Waals surface area contributed by atoms with Crippen molar-refractivity contribution in [2.45, 2.75) is 19.6 Å². The van der Waals surface area contributed by atoms with E-state index in [4.69, 9.17) is 0 Å². The molecule has 0 radical (unpaired) electrons. The molecule has 0 spiro atoms. The van der Waals surface area contributed by atoms with Gasteiger partial charge in [-0.1, -0.05) is 30.3 Å². The highest BCUT2D eigenvalue weighted by Crippen LogP contribution is 2.07. The minimum Gasteiger partial charge on any atom is -0.392 e. The Morgan fingerprint density at radius 3 is 2.46 bits per heavy atom. The quantitative estimate of drug-likeness (QED) is 0.775. The van der Waals surface area contributed by atoms with Crippen LogP contribution in [0.3, 0.4) is 0 Å². The van der Waals surface area contributed by atoms with E-state index in [1.807, 2.05) is 6.07 Å². The molecule has 2 N–H and O–H groups in total. The first-order valence-electron chi connectivity index (χ1n) is 8.70. The summed E-state index contributed by atoms with van der Waals surface area (Å²) in [5.74, 6) is 0. The van der Waals surface area contributed by atoms with Crippen LogP contribution >= 0.6 is 0 Å². The molecule has 2 rings (SSSR count). The molecule has 6 nitrogen and oxygen atoms in total. The number of carbonyl (C=O) groups is 1. The number of nitrogens with zero attached hydrogens (tertiary/aromatic N) is 3. The van der Waals surface area contributed by atoms with Crippen LogP contribution < -0.4 is 5.32 Å². The van der Waals surface area contributed by atoms with Crippen LogP contribution in [0.4, 0.5) is 4.79 Å². The van der Waals surface area contributed by atoms with Gasteiger partial charge < -0.3 is 15.3 Å². The van der Waals surface area contributed by atoms with Gasteiger partial charge in [0.2, 0.25) is 0 Å². The molecule has 1 unspecified atom stereocenters. The van der Waals surface area contributed by atoms with Gasteiger partial charge in [0.25, 0.3) is 0 Å². The summed E-state index contributed by atoms with van der Waals surface area (Å²) in [5.41, 5.74) is 1.36. The molecule has 24 heavy (non-hydrogen) atoms. The summed E-state index contributed by atoms with van der Waals surface area (Å²) in [4.78, 5) is 18.2. The van der Waals surface area contributed by atoms with Gasteiger partial charge in [0.15, 0.2) is 0 Å². The molecule has 6 heteroatoms. The fraction of sp³-hybridized carbons (Fsp3) is 0.611. The first kappa shape index (κ1) is 18.7. The van der Waals surface area contributed by atoms with Crippen LogP contribution in [0.15, 0.2) is 30.3 Å². The molecule has 0 aliphatic carbocycles. The Labute approximate surface area is 145 Å². The van der Waals surface area contributed by atoms with Crippen molar-refractivity contribution < 1.29 is 9.90 Å². The Balaban J connectivity index is 1.60. The monoisotopic (exact) mass is 334 g/mol. The van der Waals surface area contributed by atoms with Crippen molar-refractivity contribution in [2.24, 2.45) is 0 Å². The molecule has 1 aromatic rings. The van der Waals surface area contributed by atoms with E-state index in [9.17, 15) is 9.90 Å². The molecule has 134 valence electrons. The zero-order valence-electron chi connectivity index (χ0n) is 14.8. The lowest BCUT2D eigenvalue weighted by Gasteiger charge is -2.34. The fourth-order valence-electron chi connectivity index (χ4n) is 2.95. The molecule has 1 aliphatic heterocycles. The molecule has 0 aromatic heterocycles. The molecular formula is C18H30N4O2. The molecule has 2 amide bonds. The summed E-state index contributed by atoms with van der Waals surface area (Å²) in [7, 11) is 1.70. The summed E-state index contributed by atoms with van der Waals surface area (Å²) >= 11 is 0. The van der Waals surface area contributed by atoms with Crippen LogP contribution in [-0.2, 0) is 6.54 Å². The maximum absolute atomic E-state index is 11.9. The van der Waals surface area contributed by atoms with Crippen LogP contribution in [0.2, 0.25) is 0 Å². The van der Waals surface area contributed by atoms with Gasteiger partial charge >= 0.3 is 6.03 Å².